The molecule has 1 aliphatic carbocycles. The molecule has 116 valence electrons. The number of carbonyl (C=O) groups excluding carboxylic acids is 1. The summed E-state index contributed by atoms with van der Waals surface area (Å²) >= 11 is 0. The lowest BCUT2D eigenvalue weighted by Crippen LogP contribution is -2.38. The SMILES string of the molecule is Cc1nc(C2CN(C(=O)c3ccn(C)n3)CC23CCC3)n[nH]1. The van der Waals surface area contributed by atoms with Crippen molar-refractivity contribution in [1.82, 2.24) is 29.9 Å². The summed E-state index contributed by atoms with van der Waals surface area (Å²) in [6, 6.07) is 1.78. The van der Waals surface area contributed by atoms with Crippen LogP contribution in [-0.2, 0) is 7.05 Å². The Bertz CT molecular complexity index is 713. The second-order valence-electron chi connectivity index (χ2n) is 6.61. The van der Waals surface area contributed by atoms with Crippen LogP contribution in [-0.4, -0.2) is 48.9 Å². The van der Waals surface area contributed by atoms with Crippen LogP contribution < -0.4 is 0 Å². The zero-order chi connectivity index (χ0) is 15.3. The lowest BCUT2D eigenvalue weighted by Gasteiger charge is -2.41. The van der Waals surface area contributed by atoms with Crippen LogP contribution in [0.3, 0.4) is 0 Å². The molecule has 1 atom stereocenters. The summed E-state index contributed by atoms with van der Waals surface area (Å²) in [6.07, 6.45) is 5.33. The first kappa shape index (κ1) is 13.5. The molecule has 1 saturated carbocycles. The Balaban J connectivity index is 1.61. The van der Waals surface area contributed by atoms with Crippen LogP contribution >= 0.6 is 0 Å². The number of nitrogens with zero attached hydrogens (tertiary/aromatic N) is 5. The third kappa shape index (κ3) is 1.95. The van der Waals surface area contributed by atoms with Crippen molar-refractivity contribution in [3.8, 4) is 0 Å². The molecule has 2 aromatic heterocycles. The monoisotopic (exact) mass is 300 g/mol. The van der Waals surface area contributed by atoms with Gasteiger partial charge in [0.05, 0.1) is 0 Å². The van der Waals surface area contributed by atoms with E-state index in [4.69, 9.17) is 0 Å². The van der Waals surface area contributed by atoms with Crippen molar-refractivity contribution in [2.45, 2.75) is 32.1 Å². The van der Waals surface area contributed by atoms with Crippen LogP contribution in [0.5, 0.6) is 0 Å². The van der Waals surface area contributed by atoms with Crippen LogP contribution in [0.25, 0.3) is 0 Å². The zero-order valence-electron chi connectivity index (χ0n) is 12.9. The van der Waals surface area contributed by atoms with Crippen molar-refractivity contribution in [1.29, 1.82) is 0 Å². The second kappa shape index (κ2) is 4.66. The van der Waals surface area contributed by atoms with E-state index in [0.717, 1.165) is 31.0 Å². The maximum Gasteiger partial charge on any atom is 0.274 e. The molecule has 0 bridgehead atoms. The predicted molar refractivity (Wildman–Crippen MR) is 79.3 cm³/mol. The molecule has 1 N–H and O–H groups in total. The molecule has 1 spiro atoms. The van der Waals surface area contributed by atoms with Crippen LogP contribution in [0.15, 0.2) is 12.3 Å². The highest BCUT2D eigenvalue weighted by Crippen LogP contribution is 2.55. The summed E-state index contributed by atoms with van der Waals surface area (Å²) in [7, 11) is 1.83. The Morgan fingerprint density at radius 2 is 2.27 bits per heavy atom. The van der Waals surface area contributed by atoms with Crippen LogP contribution in [0.4, 0.5) is 0 Å². The summed E-state index contributed by atoms with van der Waals surface area (Å²) in [5.41, 5.74) is 0.683. The molecular formula is C15H20N6O. The smallest absolute Gasteiger partial charge is 0.274 e. The van der Waals surface area contributed by atoms with E-state index in [-0.39, 0.29) is 17.2 Å². The van der Waals surface area contributed by atoms with E-state index in [1.54, 1.807) is 16.9 Å². The number of hydrogen-bond donors (Lipinski definition) is 1. The van der Waals surface area contributed by atoms with Gasteiger partial charge in [0, 0.05) is 32.3 Å². The number of likely N-dealkylation sites (tertiary alicyclic amines) is 1. The maximum atomic E-state index is 12.7. The van der Waals surface area contributed by atoms with Gasteiger partial charge in [-0.05, 0) is 31.2 Å². The summed E-state index contributed by atoms with van der Waals surface area (Å²) in [6.45, 7) is 3.39. The number of nitrogens with one attached hydrogen (secondary N) is 1. The van der Waals surface area contributed by atoms with E-state index >= 15 is 0 Å². The molecule has 0 radical (unpaired) electrons. The lowest BCUT2D eigenvalue weighted by atomic mass is 9.62. The van der Waals surface area contributed by atoms with Gasteiger partial charge in [0.15, 0.2) is 5.82 Å². The van der Waals surface area contributed by atoms with Crippen molar-refractivity contribution >= 4 is 5.91 Å². The number of hydrogen-bond acceptors (Lipinski definition) is 4. The van der Waals surface area contributed by atoms with Gasteiger partial charge in [-0.25, -0.2) is 4.98 Å². The largest absolute Gasteiger partial charge is 0.336 e. The lowest BCUT2D eigenvalue weighted by molar-refractivity contribution is 0.0718. The molecule has 4 rings (SSSR count). The number of carbonyl (C=O) groups is 1. The third-order valence-electron chi connectivity index (χ3n) is 5.14. The van der Waals surface area contributed by atoms with Crippen LogP contribution in [0.1, 0.15) is 47.3 Å². The molecule has 7 nitrogen and oxygen atoms in total. The number of aromatic nitrogens is 5. The molecule has 2 aliphatic rings. The average Bonchev–Trinajstić information content (AvgIpc) is 3.14. The maximum absolute atomic E-state index is 12.7. The van der Waals surface area contributed by atoms with Gasteiger partial charge in [0.1, 0.15) is 11.5 Å². The zero-order valence-corrected chi connectivity index (χ0v) is 12.9. The minimum absolute atomic E-state index is 0.0154. The van der Waals surface area contributed by atoms with Gasteiger partial charge in [0.2, 0.25) is 0 Å². The van der Waals surface area contributed by atoms with Gasteiger partial charge in [-0.15, -0.1) is 0 Å². The summed E-state index contributed by atoms with van der Waals surface area (Å²) < 4.78 is 1.67. The van der Waals surface area contributed by atoms with Crippen LogP contribution in [0.2, 0.25) is 0 Å². The Hall–Kier alpha value is -2.18. The van der Waals surface area contributed by atoms with Gasteiger partial charge in [-0.2, -0.15) is 10.2 Å². The normalized spacial score (nSPS) is 23.0. The van der Waals surface area contributed by atoms with Crippen LogP contribution in [0, 0.1) is 12.3 Å². The van der Waals surface area contributed by atoms with Gasteiger partial charge < -0.3 is 4.90 Å². The Kier molecular flexibility index (Phi) is 2.85. The van der Waals surface area contributed by atoms with E-state index < -0.39 is 0 Å². The summed E-state index contributed by atoms with van der Waals surface area (Å²) in [4.78, 5) is 19.1. The topological polar surface area (TPSA) is 79.7 Å². The van der Waals surface area contributed by atoms with E-state index in [1.165, 1.54) is 6.42 Å². The quantitative estimate of drug-likeness (QED) is 0.905. The van der Waals surface area contributed by atoms with E-state index in [9.17, 15) is 4.79 Å². The number of amides is 1. The van der Waals surface area contributed by atoms with Crippen molar-refractivity contribution in [2.75, 3.05) is 13.1 Å². The first-order valence-electron chi connectivity index (χ1n) is 7.75. The van der Waals surface area contributed by atoms with E-state index in [2.05, 4.69) is 20.3 Å². The van der Waals surface area contributed by atoms with Crippen molar-refractivity contribution < 1.29 is 4.79 Å². The molecule has 7 heteroatoms. The molecule has 1 aliphatic heterocycles. The summed E-state index contributed by atoms with van der Waals surface area (Å²) in [5, 5.41) is 11.5. The number of aryl methyl sites for hydroxylation is 2. The molecule has 3 heterocycles. The van der Waals surface area contributed by atoms with Crippen molar-refractivity contribution in [2.24, 2.45) is 12.5 Å². The number of H-pyrrole nitrogens is 1. The molecular weight excluding hydrogens is 280 g/mol. The van der Waals surface area contributed by atoms with E-state index in [0.29, 0.717) is 12.2 Å². The molecule has 2 fully saturated rings. The standard InChI is InChI=1S/C15H20N6O/c1-10-16-13(18-17-10)11-8-21(9-15(11)5-3-6-15)14(22)12-4-7-20(2)19-12/h4,7,11H,3,5-6,8-9H2,1-2H3,(H,16,17,18). The van der Waals surface area contributed by atoms with Gasteiger partial charge >= 0.3 is 0 Å². The highest BCUT2D eigenvalue weighted by molar-refractivity contribution is 5.92. The predicted octanol–water partition coefficient (Wildman–Crippen LogP) is 1.26. The Labute approximate surface area is 128 Å². The molecule has 1 saturated heterocycles. The fourth-order valence-corrected chi connectivity index (χ4v) is 3.82. The fourth-order valence-electron chi connectivity index (χ4n) is 3.82. The molecule has 22 heavy (non-hydrogen) atoms. The van der Waals surface area contributed by atoms with Crippen molar-refractivity contribution in [3.63, 3.8) is 0 Å². The Morgan fingerprint density at radius 1 is 1.45 bits per heavy atom. The summed E-state index contributed by atoms with van der Waals surface area (Å²) in [5.74, 6) is 1.94. The first-order chi connectivity index (χ1) is 10.6. The van der Waals surface area contributed by atoms with Gasteiger partial charge in [-0.3, -0.25) is 14.6 Å². The van der Waals surface area contributed by atoms with Gasteiger partial charge in [0.25, 0.3) is 5.91 Å². The van der Waals surface area contributed by atoms with Crippen molar-refractivity contribution in [3.05, 3.63) is 29.6 Å². The average molecular weight is 300 g/mol. The second-order valence-corrected chi connectivity index (χ2v) is 6.61. The highest BCUT2D eigenvalue weighted by atomic mass is 16.2. The number of rotatable bonds is 2. The Morgan fingerprint density at radius 3 is 2.82 bits per heavy atom. The molecule has 1 unspecified atom stereocenters. The fraction of sp³-hybridized carbons (Fsp3) is 0.600. The van der Waals surface area contributed by atoms with E-state index in [1.807, 2.05) is 18.9 Å². The highest BCUT2D eigenvalue weighted by Gasteiger charge is 2.53. The molecule has 2 aromatic rings. The molecule has 0 aromatic carbocycles. The number of aromatic amines is 1. The molecule has 1 amide bonds. The third-order valence-corrected chi connectivity index (χ3v) is 5.14. The van der Waals surface area contributed by atoms with Gasteiger partial charge in [-0.1, -0.05) is 6.42 Å². The minimum atomic E-state index is 0.0154. The first-order valence-corrected chi connectivity index (χ1v) is 7.75. The minimum Gasteiger partial charge on any atom is -0.336 e.